The molecule has 128 valence electrons. The second kappa shape index (κ2) is 6.94. The monoisotopic (exact) mass is 389 g/mol. The van der Waals surface area contributed by atoms with E-state index in [9.17, 15) is 4.79 Å². The molecule has 25 heavy (non-hydrogen) atoms. The van der Waals surface area contributed by atoms with Crippen LogP contribution in [0, 0.1) is 0 Å². The van der Waals surface area contributed by atoms with Crippen LogP contribution in [-0.2, 0) is 6.42 Å². The molecule has 1 fully saturated rings. The molecule has 1 saturated heterocycles. The van der Waals surface area contributed by atoms with Crippen molar-refractivity contribution >= 4 is 50.7 Å². The summed E-state index contributed by atoms with van der Waals surface area (Å²) in [4.78, 5) is 12.8. The summed E-state index contributed by atoms with van der Waals surface area (Å²) in [5.74, 6) is 0.670. The predicted molar refractivity (Wildman–Crippen MR) is 106 cm³/mol. The number of primary amides is 1. The van der Waals surface area contributed by atoms with E-state index >= 15 is 0 Å². The van der Waals surface area contributed by atoms with Gasteiger partial charge in [0.1, 0.15) is 0 Å². The number of thioether (sulfide) groups is 1. The molecule has 1 aliphatic rings. The number of amides is 1. The Morgan fingerprint density at radius 3 is 2.76 bits per heavy atom. The molecule has 4 rings (SSSR count). The highest BCUT2D eigenvalue weighted by atomic mass is 35.5. The van der Waals surface area contributed by atoms with E-state index < -0.39 is 5.91 Å². The van der Waals surface area contributed by atoms with Crippen LogP contribution in [0.4, 0.5) is 0 Å². The van der Waals surface area contributed by atoms with Gasteiger partial charge in [0, 0.05) is 27.0 Å². The first kappa shape index (κ1) is 16.8. The van der Waals surface area contributed by atoms with Gasteiger partial charge in [0.05, 0.1) is 10.4 Å². The summed E-state index contributed by atoms with van der Waals surface area (Å²) in [6, 6.07) is 9.78. The summed E-state index contributed by atoms with van der Waals surface area (Å²) in [5.41, 5.74) is 7.77. The summed E-state index contributed by atoms with van der Waals surface area (Å²) in [5, 5.41) is 10.7. The topological polar surface area (TPSA) is 68.9 Å². The Labute approximate surface area is 158 Å². The van der Waals surface area contributed by atoms with E-state index in [2.05, 4.69) is 16.3 Å². The fourth-order valence-electron chi connectivity index (χ4n) is 3.08. The van der Waals surface area contributed by atoms with E-state index in [-0.39, 0.29) is 5.69 Å². The van der Waals surface area contributed by atoms with Gasteiger partial charge in [-0.05, 0) is 42.4 Å². The minimum Gasteiger partial charge on any atom is -0.364 e. The van der Waals surface area contributed by atoms with Crippen LogP contribution in [0.25, 0.3) is 20.5 Å². The van der Waals surface area contributed by atoms with Crippen molar-refractivity contribution in [3.63, 3.8) is 0 Å². The maximum absolute atomic E-state index is 11.8. The fraction of sp³-hybridized carbons (Fsp3) is 0.278. The maximum Gasteiger partial charge on any atom is 0.270 e. The number of aromatic nitrogens is 2. The molecule has 7 heteroatoms. The number of fused-ring (bicyclic) bond motifs is 1. The number of nitrogens with zero attached hydrogens (tertiary/aromatic N) is 2. The maximum atomic E-state index is 11.8. The molecule has 1 aliphatic heterocycles. The molecule has 4 nitrogen and oxygen atoms in total. The third-order valence-corrected chi connectivity index (χ3v) is 7.18. The number of hydrogen-bond donors (Lipinski definition) is 1. The van der Waals surface area contributed by atoms with Crippen LogP contribution in [0.1, 0.15) is 29.0 Å². The van der Waals surface area contributed by atoms with E-state index in [1.807, 2.05) is 36.0 Å². The molecule has 2 N–H and O–H groups in total. The molecule has 1 aromatic carbocycles. The molecule has 3 heterocycles. The van der Waals surface area contributed by atoms with Crippen LogP contribution in [0.5, 0.6) is 0 Å². The number of hydrogen-bond acceptors (Lipinski definition) is 5. The van der Waals surface area contributed by atoms with Gasteiger partial charge in [-0.25, -0.2) is 0 Å². The van der Waals surface area contributed by atoms with Crippen molar-refractivity contribution in [2.45, 2.75) is 24.5 Å². The lowest BCUT2D eigenvalue weighted by atomic mass is 10.1. The lowest BCUT2D eigenvalue weighted by Gasteiger charge is -2.08. The molecule has 2 aromatic heterocycles. The van der Waals surface area contributed by atoms with Crippen molar-refractivity contribution in [2.24, 2.45) is 5.73 Å². The second-order valence-corrected chi connectivity index (χ2v) is 8.96. The highest BCUT2D eigenvalue weighted by molar-refractivity contribution is 8.00. The number of halogens is 1. The molecule has 0 aliphatic carbocycles. The van der Waals surface area contributed by atoms with Gasteiger partial charge in [0.15, 0.2) is 5.69 Å². The highest BCUT2D eigenvalue weighted by Crippen LogP contribution is 2.38. The minimum absolute atomic E-state index is 0.253. The minimum atomic E-state index is -0.538. The average Bonchev–Trinajstić information content (AvgIpc) is 3.25. The van der Waals surface area contributed by atoms with Gasteiger partial charge in [0.2, 0.25) is 0 Å². The molecule has 0 bridgehead atoms. The fourth-order valence-corrected chi connectivity index (χ4v) is 5.66. The Morgan fingerprint density at radius 1 is 1.28 bits per heavy atom. The quantitative estimate of drug-likeness (QED) is 0.710. The van der Waals surface area contributed by atoms with Crippen molar-refractivity contribution in [3.05, 3.63) is 46.7 Å². The van der Waals surface area contributed by atoms with Crippen LogP contribution in [0.2, 0.25) is 5.02 Å². The summed E-state index contributed by atoms with van der Waals surface area (Å²) in [6.07, 6.45) is 3.34. The van der Waals surface area contributed by atoms with Crippen molar-refractivity contribution in [1.29, 1.82) is 0 Å². The van der Waals surface area contributed by atoms with Gasteiger partial charge >= 0.3 is 0 Å². The zero-order chi connectivity index (χ0) is 17.4. The number of nitrogens with two attached hydrogens (primary N) is 1. The van der Waals surface area contributed by atoms with Crippen LogP contribution in [0.3, 0.4) is 0 Å². The van der Waals surface area contributed by atoms with E-state index in [1.165, 1.54) is 29.9 Å². The largest absolute Gasteiger partial charge is 0.364 e. The number of rotatable bonds is 4. The Balaban J connectivity index is 1.82. The van der Waals surface area contributed by atoms with Gasteiger partial charge in [-0.15, -0.1) is 16.4 Å². The Kier molecular flexibility index (Phi) is 4.67. The number of carbonyl (C=O) groups excluding carboxylic acids is 1. The van der Waals surface area contributed by atoms with E-state index in [4.69, 9.17) is 17.3 Å². The molecule has 3 aromatic rings. The van der Waals surface area contributed by atoms with Crippen LogP contribution < -0.4 is 5.73 Å². The molecular weight excluding hydrogens is 374 g/mol. The Hall–Kier alpha value is -1.63. The first-order chi connectivity index (χ1) is 12.1. The van der Waals surface area contributed by atoms with Crippen LogP contribution in [-0.4, -0.2) is 27.1 Å². The van der Waals surface area contributed by atoms with Gasteiger partial charge in [-0.2, -0.15) is 16.9 Å². The van der Waals surface area contributed by atoms with E-state index in [1.54, 1.807) is 0 Å². The van der Waals surface area contributed by atoms with Crippen LogP contribution >= 0.6 is 34.7 Å². The smallest absolute Gasteiger partial charge is 0.270 e. The molecule has 1 atom stereocenters. The number of benzene rings is 1. The summed E-state index contributed by atoms with van der Waals surface area (Å²) in [7, 11) is 0. The third-order valence-electron chi connectivity index (χ3n) is 4.34. The predicted octanol–water partition coefficient (Wildman–Crippen LogP) is 4.55. The summed E-state index contributed by atoms with van der Waals surface area (Å²) in [6.45, 7) is 0. The SMILES string of the molecule is NC(=O)c1nnc(CC2CCCS2)c2cc(-c3ccc(Cl)cc3)sc12. The van der Waals surface area contributed by atoms with Gasteiger partial charge in [0.25, 0.3) is 5.91 Å². The van der Waals surface area contributed by atoms with Gasteiger partial charge in [-0.1, -0.05) is 23.7 Å². The first-order valence-corrected chi connectivity index (χ1v) is 10.3. The van der Waals surface area contributed by atoms with Crippen molar-refractivity contribution in [1.82, 2.24) is 10.2 Å². The highest BCUT2D eigenvalue weighted by Gasteiger charge is 2.22. The Morgan fingerprint density at radius 2 is 2.08 bits per heavy atom. The third kappa shape index (κ3) is 3.38. The van der Waals surface area contributed by atoms with Crippen molar-refractivity contribution in [3.8, 4) is 10.4 Å². The zero-order valence-corrected chi connectivity index (χ0v) is 15.8. The first-order valence-electron chi connectivity index (χ1n) is 8.08. The number of thiophene rings is 1. The number of carbonyl (C=O) groups is 1. The van der Waals surface area contributed by atoms with Crippen molar-refractivity contribution in [2.75, 3.05) is 5.75 Å². The zero-order valence-electron chi connectivity index (χ0n) is 13.4. The molecule has 0 saturated carbocycles. The Bertz CT molecular complexity index is 933. The van der Waals surface area contributed by atoms with Crippen molar-refractivity contribution < 1.29 is 4.79 Å². The molecule has 1 amide bonds. The molecule has 0 radical (unpaired) electrons. The van der Waals surface area contributed by atoms with Crippen LogP contribution in [0.15, 0.2) is 30.3 Å². The van der Waals surface area contributed by atoms with E-state index in [0.29, 0.717) is 10.3 Å². The lowest BCUT2D eigenvalue weighted by molar-refractivity contribution is 0.0996. The summed E-state index contributed by atoms with van der Waals surface area (Å²) >= 11 is 9.51. The lowest BCUT2D eigenvalue weighted by Crippen LogP contribution is -2.15. The standard InChI is InChI=1S/C18H16ClN3OS2/c19-11-5-3-10(4-6-11)15-9-13-14(8-12-2-1-7-24-12)21-22-16(18(20)23)17(13)25-15/h3-6,9,12H,1-2,7-8H2,(H2,20,23). The molecular formula is C18H16ClN3OS2. The average molecular weight is 390 g/mol. The summed E-state index contributed by atoms with van der Waals surface area (Å²) < 4.78 is 0.824. The molecule has 1 unspecified atom stereocenters. The normalized spacial score (nSPS) is 17.2. The molecule has 0 spiro atoms. The second-order valence-electron chi connectivity index (χ2n) is 6.06. The van der Waals surface area contributed by atoms with Gasteiger partial charge in [-0.3, -0.25) is 4.79 Å². The van der Waals surface area contributed by atoms with E-state index in [0.717, 1.165) is 32.6 Å². The van der Waals surface area contributed by atoms with Gasteiger partial charge < -0.3 is 5.73 Å².